The second-order valence-corrected chi connectivity index (χ2v) is 4.29. The smallest absolute Gasteiger partial charge is 0.165 e. The molecule has 0 aliphatic heterocycles. The quantitative estimate of drug-likeness (QED) is 0.786. The average Bonchev–Trinajstić information content (AvgIpc) is 2.48. The van der Waals surface area contributed by atoms with Crippen LogP contribution in [-0.2, 0) is 0 Å². The van der Waals surface area contributed by atoms with Crippen LogP contribution in [0.1, 0.15) is 11.6 Å². The highest BCUT2D eigenvalue weighted by molar-refractivity contribution is 5.57. The van der Waals surface area contributed by atoms with E-state index in [0.717, 1.165) is 0 Å². The third-order valence-electron chi connectivity index (χ3n) is 2.99. The first-order valence-electron chi connectivity index (χ1n) is 6.14. The Bertz CT molecular complexity index is 589. The van der Waals surface area contributed by atoms with E-state index < -0.39 is 17.6 Å². The van der Waals surface area contributed by atoms with E-state index in [4.69, 9.17) is 4.74 Å². The van der Waals surface area contributed by atoms with Crippen molar-refractivity contribution in [2.75, 3.05) is 19.0 Å². The molecule has 0 fully saturated rings. The molecular weight excluding hydrogens is 261 g/mol. The van der Waals surface area contributed by atoms with Crippen molar-refractivity contribution in [3.8, 4) is 11.5 Å². The number of benzene rings is 2. The van der Waals surface area contributed by atoms with Gasteiger partial charge in [-0.25, -0.2) is 4.39 Å². The van der Waals surface area contributed by atoms with Gasteiger partial charge in [0.15, 0.2) is 11.6 Å². The number of hydrogen-bond donors (Lipinski definition) is 3. The topological polar surface area (TPSA) is 61.7 Å². The molecule has 106 valence electrons. The number of anilines is 1. The predicted octanol–water partition coefficient (Wildman–Crippen LogP) is 2.69. The van der Waals surface area contributed by atoms with Gasteiger partial charge in [0.05, 0.1) is 25.4 Å². The van der Waals surface area contributed by atoms with Crippen molar-refractivity contribution >= 4 is 5.69 Å². The zero-order valence-electron chi connectivity index (χ0n) is 11.0. The number of nitrogens with one attached hydrogen (secondary N) is 1. The lowest BCUT2D eigenvalue weighted by Crippen LogP contribution is -2.15. The molecule has 2 aromatic rings. The van der Waals surface area contributed by atoms with Crippen molar-refractivity contribution in [3.05, 3.63) is 53.8 Å². The fourth-order valence-electron chi connectivity index (χ4n) is 1.93. The van der Waals surface area contributed by atoms with E-state index >= 15 is 0 Å². The first kappa shape index (κ1) is 14.1. The number of halogens is 1. The SMILES string of the molecule is COc1ccccc1NC(CO)c1ccc(O)c(F)c1. The Morgan fingerprint density at radius 1 is 1.25 bits per heavy atom. The van der Waals surface area contributed by atoms with Crippen LogP contribution in [0.2, 0.25) is 0 Å². The van der Waals surface area contributed by atoms with Crippen LogP contribution >= 0.6 is 0 Å². The number of phenolic OH excluding ortho intramolecular Hbond substituents is 1. The van der Waals surface area contributed by atoms with E-state index in [9.17, 15) is 14.6 Å². The molecule has 1 unspecified atom stereocenters. The molecule has 3 N–H and O–H groups in total. The number of para-hydroxylation sites is 2. The summed E-state index contributed by atoms with van der Waals surface area (Å²) in [6.07, 6.45) is 0. The summed E-state index contributed by atoms with van der Waals surface area (Å²) in [6.45, 7) is -0.220. The van der Waals surface area contributed by atoms with E-state index in [1.165, 1.54) is 12.1 Å². The summed E-state index contributed by atoms with van der Waals surface area (Å²) in [5, 5.41) is 21.8. The molecule has 0 spiro atoms. The maximum Gasteiger partial charge on any atom is 0.165 e. The maximum absolute atomic E-state index is 13.4. The summed E-state index contributed by atoms with van der Waals surface area (Å²) >= 11 is 0. The number of rotatable bonds is 5. The lowest BCUT2D eigenvalue weighted by Gasteiger charge is -2.20. The molecule has 2 aromatic carbocycles. The largest absolute Gasteiger partial charge is 0.505 e. The van der Waals surface area contributed by atoms with E-state index in [1.807, 2.05) is 12.1 Å². The van der Waals surface area contributed by atoms with E-state index in [-0.39, 0.29) is 6.61 Å². The Labute approximate surface area is 116 Å². The Hall–Kier alpha value is -2.27. The number of hydrogen-bond acceptors (Lipinski definition) is 4. The highest BCUT2D eigenvalue weighted by Crippen LogP contribution is 2.29. The van der Waals surface area contributed by atoms with E-state index in [2.05, 4.69) is 5.32 Å². The molecule has 4 nitrogen and oxygen atoms in total. The minimum Gasteiger partial charge on any atom is -0.505 e. The van der Waals surface area contributed by atoms with Crippen LogP contribution < -0.4 is 10.1 Å². The number of phenols is 1. The summed E-state index contributed by atoms with van der Waals surface area (Å²) in [6, 6.07) is 10.8. The first-order chi connectivity index (χ1) is 9.65. The number of methoxy groups -OCH3 is 1. The lowest BCUT2D eigenvalue weighted by atomic mass is 10.1. The zero-order chi connectivity index (χ0) is 14.5. The van der Waals surface area contributed by atoms with Crippen molar-refractivity contribution in [2.45, 2.75) is 6.04 Å². The Kier molecular flexibility index (Phi) is 4.42. The fourth-order valence-corrected chi connectivity index (χ4v) is 1.93. The van der Waals surface area contributed by atoms with Gasteiger partial charge in [-0.2, -0.15) is 0 Å². The highest BCUT2D eigenvalue weighted by atomic mass is 19.1. The average molecular weight is 277 g/mol. The molecule has 0 heterocycles. The summed E-state index contributed by atoms with van der Waals surface area (Å²) in [5.74, 6) is -0.504. The van der Waals surface area contributed by atoms with Crippen molar-refractivity contribution in [3.63, 3.8) is 0 Å². The minimum atomic E-state index is -0.720. The molecular formula is C15H16FNO3. The number of aromatic hydroxyl groups is 1. The second-order valence-electron chi connectivity index (χ2n) is 4.29. The highest BCUT2D eigenvalue weighted by Gasteiger charge is 2.14. The monoisotopic (exact) mass is 277 g/mol. The van der Waals surface area contributed by atoms with Gasteiger partial charge in [0, 0.05) is 0 Å². The molecule has 0 saturated heterocycles. The molecule has 1 atom stereocenters. The molecule has 5 heteroatoms. The van der Waals surface area contributed by atoms with Gasteiger partial charge in [0.1, 0.15) is 5.75 Å². The van der Waals surface area contributed by atoms with Gasteiger partial charge in [0.2, 0.25) is 0 Å². The third kappa shape index (κ3) is 3.00. The number of aliphatic hydroxyl groups excluding tert-OH is 1. The molecule has 2 rings (SSSR count). The van der Waals surface area contributed by atoms with Crippen molar-refractivity contribution in [2.24, 2.45) is 0 Å². The van der Waals surface area contributed by atoms with Crippen LogP contribution in [0.25, 0.3) is 0 Å². The van der Waals surface area contributed by atoms with Crippen molar-refractivity contribution < 1.29 is 19.3 Å². The van der Waals surface area contributed by atoms with Gasteiger partial charge in [-0.05, 0) is 29.8 Å². The van der Waals surface area contributed by atoms with E-state index in [1.54, 1.807) is 25.3 Å². The predicted molar refractivity (Wildman–Crippen MR) is 74.5 cm³/mol. The van der Waals surface area contributed by atoms with Crippen LogP contribution in [0.4, 0.5) is 10.1 Å². The molecule has 20 heavy (non-hydrogen) atoms. The van der Waals surface area contributed by atoms with Crippen molar-refractivity contribution in [1.29, 1.82) is 0 Å². The first-order valence-corrected chi connectivity index (χ1v) is 6.14. The van der Waals surface area contributed by atoms with Crippen LogP contribution in [-0.4, -0.2) is 23.9 Å². The zero-order valence-corrected chi connectivity index (χ0v) is 11.0. The Balaban J connectivity index is 2.26. The van der Waals surface area contributed by atoms with Gasteiger partial charge in [-0.15, -0.1) is 0 Å². The molecule has 0 radical (unpaired) electrons. The number of ether oxygens (including phenoxy) is 1. The normalized spacial score (nSPS) is 11.9. The van der Waals surface area contributed by atoms with Crippen LogP contribution in [0.3, 0.4) is 0 Å². The summed E-state index contributed by atoms with van der Waals surface area (Å²) in [7, 11) is 1.55. The standard InChI is InChI=1S/C15H16FNO3/c1-20-15-5-3-2-4-12(15)17-13(9-18)10-6-7-14(19)11(16)8-10/h2-8,13,17-19H,9H2,1H3. The molecule has 0 bridgehead atoms. The minimum absolute atomic E-state index is 0.220. The Morgan fingerprint density at radius 3 is 2.65 bits per heavy atom. The van der Waals surface area contributed by atoms with Gasteiger partial charge < -0.3 is 20.3 Å². The molecule has 0 aliphatic rings. The number of aliphatic hydroxyl groups is 1. The molecule has 0 amide bonds. The van der Waals surface area contributed by atoms with Crippen LogP contribution in [0.15, 0.2) is 42.5 Å². The third-order valence-corrected chi connectivity index (χ3v) is 2.99. The second kappa shape index (κ2) is 6.25. The maximum atomic E-state index is 13.4. The molecule has 0 aromatic heterocycles. The van der Waals surface area contributed by atoms with Gasteiger partial charge in [-0.3, -0.25) is 0 Å². The molecule has 0 saturated carbocycles. The van der Waals surface area contributed by atoms with Gasteiger partial charge in [-0.1, -0.05) is 18.2 Å². The van der Waals surface area contributed by atoms with Crippen LogP contribution in [0.5, 0.6) is 11.5 Å². The summed E-state index contributed by atoms with van der Waals surface area (Å²) < 4.78 is 18.6. The van der Waals surface area contributed by atoms with Gasteiger partial charge >= 0.3 is 0 Å². The Morgan fingerprint density at radius 2 is 2.00 bits per heavy atom. The van der Waals surface area contributed by atoms with E-state index in [0.29, 0.717) is 17.0 Å². The van der Waals surface area contributed by atoms with Crippen molar-refractivity contribution in [1.82, 2.24) is 0 Å². The summed E-state index contributed by atoms with van der Waals surface area (Å²) in [5.41, 5.74) is 1.23. The van der Waals surface area contributed by atoms with Gasteiger partial charge in [0.25, 0.3) is 0 Å². The lowest BCUT2D eigenvalue weighted by molar-refractivity contribution is 0.275. The fraction of sp³-hybridized carbons (Fsp3) is 0.200. The van der Waals surface area contributed by atoms with Crippen LogP contribution in [0, 0.1) is 5.82 Å². The summed E-state index contributed by atoms with van der Waals surface area (Å²) in [4.78, 5) is 0. The molecule has 0 aliphatic carbocycles.